The predicted molar refractivity (Wildman–Crippen MR) is 113 cm³/mol. The van der Waals surface area contributed by atoms with Crippen LogP contribution in [0.4, 0.5) is 0 Å². The van der Waals surface area contributed by atoms with E-state index in [0.717, 1.165) is 28.3 Å². The van der Waals surface area contributed by atoms with Gasteiger partial charge in [0.2, 0.25) is 0 Å². The van der Waals surface area contributed by atoms with Crippen LogP contribution in [-0.2, 0) is 6.54 Å². The Bertz CT molecular complexity index is 1110. The van der Waals surface area contributed by atoms with Gasteiger partial charge in [-0.25, -0.2) is 4.68 Å². The molecular formula is C24H21N3O2. The maximum absolute atomic E-state index is 13.0. The van der Waals surface area contributed by atoms with Gasteiger partial charge >= 0.3 is 0 Å². The van der Waals surface area contributed by atoms with E-state index in [1.54, 1.807) is 11.8 Å². The summed E-state index contributed by atoms with van der Waals surface area (Å²) < 4.78 is 7.05. The molecular weight excluding hydrogens is 362 g/mol. The third-order valence-electron chi connectivity index (χ3n) is 4.64. The molecule has 3 aromatic carbocycles. The molecule has 1 heterocycles. The molecule has 1 aromatic heterocycles. The van der Waals surface area contributed by atoms with Gasteiger partial charge in [0.1, 0.15) is 11.4 Å². The smallest absolute Gasteiger partial charge is 0.270 e. The first-order valence-corrected chi connectivity index (χ1v) is 9.37. The summed E-state index contributed by atoms with van der Waals surface area (Å²) in [6.45, 7) is 0.365. The summed E-state index contributed by atoms with van der Waals surface area (Å²) in [5.41, 5.74) is 3.93. The highest BCUT2D eigenvalue weighted by molar-refractivity contribution is 5.94. The number of aromatic nitrogens is 2. The van der Waals surface area contributed by atoms with Gasteiger partial charge < -0.3 is 10.1 Å². The number of hydrogen-bond donors (Lipinski definition) is 1. The molecule has 0 aliphatic heterocycles. The lowest BCUT2D eigenvalue weighted by Gasteiger charge is -2.10. The molecule has 0 atom stereocenters. The van der Waals surface area contributed by atoms with E-state index >= 15 is 0 Å². The maximum atomic E-state index is 13.0. The van der Waals surface area contributed by atoms with Crippen LogP contribution >= 0.6 is 0 Å². The maximum Gasteiger partial charge on any atom is 0.270 e. The Labute approximate surface area is 169 Å². The molecule has 144 valence electrons. The van der Waals surface area contributed by atoms with Gasteiger partial charge in [-0.05, 0) is 24.3 Å². The minimum atomic E-state index is -0.200. The number of carbonyl (C=O) groups excluding carboxylic acids is 1. The van der Waals surface area contributed by atoms with E-state index in [-0.39, 0.29) is 5.91 Å². The predicted octanol–water partition coefficient (Wildman–Crippen LogP) is 4.48. The fourth-order valence-electron chi connectivity index (χ4n) is 3.17. The first-order chi connectivity index (χ1) is 14.3. The highest BCUT2D eigenvalue weighted by Crippen LogP contribution is 2.22. The largest absolute Gasteiger partial charge is 0.496 e. The zero-order chi connectivity index (χ0) is 20.1. The molecule has 0 unspecified atom stereocenters. The van der Waals surface area contributed by atoms with Crippen LogP contribution in [0.5, 0.6) is 5.75 Å². The number of rotatable bonds is 6. The SMILES string of the molecule is COc1ccccc1CNC(=O)c1cc(-c2ccccc2)nn1-c1ccccc1. The first kappa shape index (κ1) is 18.5. The highest BCUT2D eigenvalue weighted by Gasteiger charge is 2.18. The molecule has 0 fully saturated rings. The van der Waals surface area contributed by atoms with E-state index in [2.05, 4.69) is 5.32 Å². The van der Waals surface area contributed by atoms with E-state index < -0.39 is 0 Å². The second-order valence-corrected chi connectivity index (χ2v) is 6.52. The second kappa shape index (κ2) is 8.44. The van der Waals surface area contributed by atoms with Crippen LogP contribution in [0.15, 0.2) is 91.0 Å². The van der Waals surface area contributed by atoms with Crippen molar-refractivity contribution in [3.63, 3.8) is 0 Å². The Morgan fingerprint density at radius 1 is 0.931 bits per heavy atom. The van der Waals surface area contributed by atoms with Crippen LogP contribution < -0.4 is 10.1 Å². The van der Waals surface area contributed by atoms with Crippen LogP contribution in [0.1, 0.15) is 16.1 Å². The van der Waals surface area contributed by atoms with Crippen LogP contribution in [0.2, 0.25) is 0 Å². The van der Waals surface area contributed by atoms with E-state index in [1.807, 2.05) is 91.0 Å². The van der Waals surface area contributed by atoms with Gasteiger partial charge in [-0.3, -0.25) is 4.79 Å². The number of para-hydroxylation sites is 2. The summed E-state index contributed by atoms with van der Waals surface area (Å²) in [4.78, 5) is 13.0. The summed E-state index contributed by atoms with van der Waals surface area (Å²) in [6.07, 6.45) is 0. The molecule has 0 radical (unpaired) electrons. The lowest BCUT2D eigenvalue weighted by atomic mass is 10.1. The molecule has 5 nitrogen and oxygen atoms in total. The van der Waals surface area contributed by atoms with Crippen molar-refractivity contribution in [3.8, 4) is 22.7 Å². The topological polar surface area (TPSA) is 56.1 Å². The number of nitrogens with one attached hydrogen (secondary N) is 1. The van der Waals surface area contributed by atoms with Crippen LogP contribution in [0.25, 0.3) is 16.9 Å². The van der Waals surface area contributed by atoms with E-state index in [1.165, 1.54) is 0 Å². The van der Waals surface area contributed by atoms with Crippen molar-refractivity contribution < 1.29 is 9.53 Å². The molecule has 0 aliphatic rings. The third kappa shape index (κ3) is 4.04. The van der Waals surface area contributed by atoms with Gasteiger partial charge in [-0.1, -0.05) is 66.7 Å². The average Bonchev–Trinajstić information content (AvgIpc) is 3.24. The van der Waals surface area contributed by atoms with Crippen LogP contribution in [0, 0.1) is 0 Å². The molecule has 1 amide bonds. The van der Waals surface area contributed by atoms with E-state index in [9.17, 15) is 4.79 Å². The minimum absolute atomic E-state index is 0.200. The van der Waals surface area contributed by atoms with Crippen molar-refractivity contribution in [1.29, 1.82) is 0 Å². The molecule has 0 saturated carbocycles. The zero-order valence-electron chi connectivity index (χ0n) is 16.1. The fraction of sp³-hybridized carbons (Fsp3) is 0.0833. The molecule has 0 aliphatic carbocycles. The van der Waals surface area contributed by atoms with Crippen molar-refractivity contribution in [1.82, 2.24) is 15.1 Å². The molecule has 29 heavy (non-hydrogen) atoms. The molecule has 5 heteroatoms. The first-order valence-electron chi connectivity index (χ1n) is 9.37. The van der Waals surface area contributed by atoms with Crippen molar-refractivity contribution in [2.75, 3.05) is 7.11 Å². The molecule has 0 spiro atoms. The van der Waals surface area contributed by atoms with Crippen molar-refractivity contribution in [2.45, 2.75) is 6.54 Å². The lowest BCUT2D eigenvalue weighted by Crippen LogP contribution is -2.25. The van der Waals surface area contributed by atoms with Crippen LogP contribution in [-0.4, -0.2) is 22.8 Å². The summed E-state index contributed by atoms with van der Waals surface area (Å²) in [5.74, 6) is 0.545. The lowest BCUT2D eigenvalue weighted by molar-refractivity contribution is 0.0943. The van der Waals surface area contributed by atoms with Gasteiger partial charge in [0, 0.05) is 17.7 Å². The molecule has 0 saturated heterocycles. The summed E-state index contributed by atoms with van der Waals surface area (Å²) in [7, 11) is 1.62. The third-order valence-corrected chi connectivity index (χ3v) is 4.64. The number of amides is 1. The zero-order valence-corrected chi connectivity index (χ0v) is 16.1. The fourth-order valence-corrected chi connectivity index (χ4v) is 3.17. The van der Waals surface area contributed by atoms with Gasteiger partial charge in [0.25, 0.3) is 5.91 Å². The number of carbonyl (C=O) groups is 1. The molecule has 1 N–H and O–H groups in total. The second-order valence-electron chi connectivity index (χ2n) is 6.52. The van der Waals surface area contributed by atoms with Gasteiger partial charge in [-0.15, -0.1) is 0 Å². The Kier molecular flexibility index (Phi) is 5.38. The van der Waals surface area contributed by atoms with Crippen molar-refractivity contribution in [3.05, 3.63) is 102 Å². The number of ether oxygens (including phenoxy) is 1. The van der Waals surface area contributed by atoms with Crippen LogP contribution in [0.3, 0.4) is 0 Å². The number of hydrogen-bond acceptors (Lipinski definition) is 3. The Hall–Kier alpha value is -3.86. The summed E-state index contributed by atoms with van der Waals surface area (Å²) in [5, 5.41) is 7.68. The van der Waals surface area contributed by atoms with Gasteiger partial charge in [0.15, 0.2) is 0 Å². The quantitative estimate of drug-likeness (QED) is 0.534. The molecule has 4 aromatic rings. The standard InChI is InChI=1S/C24H21N3O2/c1-29-23-15-9-8-12-19(23)17-25-24(28)22-16-21(18-10-4-2-5-11-18)26-27(22)20-13-6-3-7-14-20/h2-16H,17H2,1H3,(H,25,28). The van der Waals surface area contributed by atoms with E-state index in [4.69, 9.17) is 9.84 Å². The Morgan fingerprint density at radius 2 is 1.59 bits per heavy atom. The number of benzene rings is 3. The average molecular weight is 383 g/mol. The minimum Gasteiger partial charge on any atom is -0.496 e. The normalized spacial score (nSPS) is 10.5. The number of nitrogens with zero attached hydrogens (tertiary/aromatic N) is 2. The monoisotopic (exact) mass is 383 g/mol. The highest BCUT2D eigenvalue weighted by atomic mass is 16.5. The summed E-state index contributed by atoms with van der Waals surface area (Å²) in [6, 6.07) is 28.9. The Balaban J connectivity index is 1.66. The number of methoxy groups -OCH3 is 1. The Morgan fingerprint density at radius 3 is 2.31 bits per heavy atom. The van der Waals surface area contributed by atoms with Gasteiger partial charge in [0.05, 0.1) is 18.5 Å². The molecule has 4 rings (SSSR count). The molecule has 0 bridgehead atoms. The van der Waals surface area contributed by atoms with E-state index in [0.29, 0.717) is 12.2 Å². The van der Waals surface area contributed by atoms with Crippen molar-refractivity contribution in [2.24, 2.45) is 0 Å². The van der Waals surface area contributed by atoms with Crippen molar-refractivity contribution >= 4 is 5.91 Å². The van der Waals surface area contributed by atoms with Gasteiger partial charge in [-0.2, -0.15) is 5.10 Å². The summed E-state index contributed by atoms with van der Waals surface area (Å²) >= 11 is 0.